The topological polar surface area (TPSA) is 62.7 Å². The third kappa shape index (κ3) is 5.34. The van der Waals surface area contributed by atoms with Gasteiger partial charge in [-0.1, -0.05) is 18.6 Å². The predicted molar refractivity (Wildman–Crippen MR) is 111 cm³/mol. The molecule has 6 nitrogen and oxygen atoms in total. The summed E-state index contributed by atoms with van der Waals surface area (Å²) >= 11 is 0. The average Bonchev–Trinajstić information content (AvgIpc) is 2.94. The van der Waals surface area contributed by atoms with Gasteiger partial charge in [0.25, 0.3) is 0 Å². The van der Waals surface area contributed by atoms with E-state index in [0.29, 0.717) is 32.5 Å². The van der Waals surface area contributed by atoms with Crippen LogP contribution in [-0.4, -0.2) is 46.3 Å². The van der Waals surface area contributed by atoms with Crippen LogP contribution in [0.4, 0.5) is 0 Å². The maximum Gasteiger partial charge on any atom is 0.245 e. The highest BCUT2D eigenvalue weighted by molar-refractivity contribution is 5.88. The number of amides is 2. The summed E-state index contributed by atoms with van der Waals surface area (Å²) in [6.45, 7) is 3.51. The maximum atomic E-state index is 13.4. The van der Waals surface area contributed by atoms with Crippen LogP contribution in [0, 0.1) is 0 Å². The molecule has 6 heteroatoms. The van der Waals surface area contributed by atoms with Gasteiger partial charge in [-0.25, -0.2) is 0 Å². The van der Waals surface area contributed by atoms with Crippen molar-refractivity contribution < 1.29 is 14.3 Å². The first-order valence-corrected chi connectivity index (χ1v) is 10.2. The Morgan fingerprint density at radius 1 is 1.21 bits per heavy atom. The van der Waals surface area contributed by atoms with Gasteiger partial charge in [-0.3, -0.25) is 14.6 Å². The van der Waals surface area contributed by atoms with Crippen LogP contribution >= 0.6 is 0 Å². The minimum atomic E-state index is -0.432. The predicted octanol–water partition coefficient (Wildman–Crippen LogP) is 3.41. The van der Waals surface area contributed by atoms with E-state index in [1.807, 2.05) is 48.2 Å². The molecule has 0 bridgehead atoms. The van der Waals surface area contributed by atoms with Crippen molar-refractivity contribution in [2.45, 2.75) is 51.7 Å². The Bertz CT molecular complexity index is 825. The van der Waals surface area contributed by atoms with E-state index in [9.17, 15) is 9.59 Å². The van der Waals surface area contributed by atoms with E-state index in [-0.39, 0.29) is 11.8 Å². The summed E-state index contributed by atoms with van der Waals surface area (Å²) < 4.78 is 5.31. The number of methoxy groups -OCH3 is 1. The zero-order valence-electron chi connectivity index (χ0n) is 17.2. The molecule has 1 aliphatic heterocycles. The molecule has 1 unspecified atom stereocenters. The van der Waals surface area contributed by atoms with Crippen molar-refractivity contribution in [2.75, 3.05) is 13.7 Å². The second kappa shape index (κ2) is 10.0. The largest absolute Gasteiger partial charge is 0.497 e. The Labute approximate surface area is 172 Å². The van der Waals surface area contributed by atoms with E-state index < -0.39 is 6.04 Å². The Morgan fingerprint density at radius 3 is 2.72 bits per heavy atom. The van der Waals surface area contributed by atoms with Gasteiger partial charge in [0.15, 0.2) is 0 Å². The van der Waals surface area contributed by atoms with E-state index in [1.54, 1.807) is 24.4 Å². The molecule has 1 aliphatic rings. The molecule has 2 amide bonds. The monoisotopic (exact) mass is 395 g/mol. The van der Waals surface area contributed by atoms with Crippen molar-refractivity contribution >= 4 is 11.8 Å². The number of aromatic nitrogens is 1. The summed E-state index contributed by atoms with van der Waals surface area (Å²) in [7, 11) is 1.63. The fourth-order valence-corrected chi connectivity index (χ4v) is 3.77. The van der Waals surface area contributed by atoms with E-state index >= 15 is 0 Å². The first kappa shape index (κ1) is 20.8. The van der Waals surface area contributed by atoms with Crippen molar-refractivity contribution in [1.82, 2.24) is 14.8 Å². The zero-order chi connectivity index (χ0) is 20.6. The summed E-state index contributed by atoms with van der Waals surface area (Å²) in [6.07, 6.45) is 6.36. The quantitative estimate of drug-likeness (QED) is 0.721. The molecule has 1 saturated heterocycles. The number of benzene rings is 1. The molecule has 0 N–H and O–H groups in total. The fourth-order valence-electron chi connectivity index (χ4n) is 3.77. The van der Waals surface area contributed by atoms with Gasteiger partial charge in [0.2, 0.25) is 11.8 Å². The van der Waals surface area contributed by atoms with Crippen LogP contribution in [-0.2, 0) is 22.7 Å². The van der Waals surface area contributed by atoms with Crippen LogP contribution in [0.3, 0.4) is 0 Å². The Hall–Kier alpha value is -2.89. The molecule has 3 rings (SSSR count). The molecule has 1 atom stereocenters. The highest BCUT2D eigenvalue weighted by Crippen LogP contribution is 2.24. The summed E-state index contributed by atoms with van der Waals surface area (Å²) in [4.78, 5) is 34.0. The molecule has 0 saturated carbocycles. The van der Waals surface area contributed by atoms with Crippen molar-refractivity contribution in [3.8, 4) is 5.75 Å². The molecule has 2 aromatic rings. The molecule has 1 aromatic heterocycles. The number of likely N-dealkylation sites (N-methyl/N-ethyl adjacent to an activating group) is 1. The number of carbonyl (C=O) groups excluding carboxylic acids is 2. The van der Waals surface area contributed by atoms with Crippen LogP contribution < -0.4 is 4.74 Å². The third-order valence-electron chi connectivity index (χ3n) is 5.40. The van der Waals surface area contributed by atoms with Gasteiger partial charge in [-0.15, -0.1) is 0 Å². The van der Waals surface area contributed by atoms with Crippen LogP contribution in [0.2, 0.25) is 0 Å². The number of nitrogens with zero attached hydrogens (tertiary/aromatic N) is 3. The van der Waals surface area contributed by atoms with Crippen LogP contribution in [0.15, 0.2) is 48.8 Å². The lowest BCUT2D eigenvalue weighted by molar-refractivity contribution is -0.146. The molecule has 29 heavy (non-hydrogen) atoms. The lowest BCUT2D eigenvalue weighted by atomic mass is 10.1. The van der Waals surface area contributed by atoms with Gasteiger partial charge in [-0.2, -0.15) is 0 Å². The minimum absolute atomic E-state index is 0.0162. The third-order valence-corrected chi connectivity index (χ3v) is 5.40. The molecule has 0 radical (unpaired) electrons. The van der Waals surface area contributed by atoms with E-state index in [1.165, 1.54) is 0 Å². The molecule has 1 aromatic carbocycles. The Morgan fingerprint density at radius 2 is 2.00 bits per heavy atom. The number of rotatable bonds is 7. The standard InChI is InChI=1S/C23H29N3O3/c1-3-25(16-18-11-13-24-14-12-18)23(28)21-9-4-5-10-22(27)26(21)17-19-7-6-8-20(15-19)29-2/h6-8,11-15,21H,3-5,9-10,16-17H2,1-2H3. The molecular formula is C23H29N3O3. The van der Waals surface area contributed by atoms with Gasteiger partial charge in [0.05, 0.1) is 7.11 Å². The van der Waals surface area contributed by atoms with Crippen molar-refractivity contribution in [3.05, 3.63) is 59.9 Å². The highest BCUT2D eigenvalue weighted by Gasteiger charge is 2.34. The molecule has 154 valence electrons. The summed E-state index contributed by atoms with van der Waals surface area (Å²) in [5.41, 5.74) is 2.00. The number of hydrogen-bond donors (Lipinski definition) is 0. The molecular weight excluding hydrogens is 366 g/mol. The van der Waals surface area contributed by atoms with Gasteiger partial charge in [0, 0.05) is 38.4 Å². The van der Waals surface area contributed by atoms with E-state index in [2.05, 4.69) is 4.98 Å². The molecule has 2 heterocycles. The summed E-state index contributed by atoms with van der Waals surface area (Å²) in [5, 5.41) is 0. The normalized spacial score (nSPS) is 17.0. The Balaban J connectivity index is 1.82. The lowest BCUT2D eigenvalue weighted by Crippen LogP contribution is -2.49. The highest BCUT2D eigenvalue weighted by atomic mass is 16.5. The van der Waals surface area contributed by atoms with Crippen molar-refractivity contribution in [1.29, 1.82) is 0 Å². The number of carbonyl (C=O) groups is 2. The zero-order valence-corrected chi connectivity index (χ0v) is 17.2. The van der Waals surface area contributed by atoms with Crippen molar-refractivity contribution in [2.24, 2.45) is 0 Å². The van der Waals surface area contributed by atoms with Crippen LogP contribution in [0.1, 0.15) is 43.7 Å². The first-order chi connectivity index (χ1) is 14.1. The smallest absolute Gasteiger partial charge is 0.245 e. The first-order valence-electron chi connectivity index (χ1n) is 10.2. The van der Waals surface area contributed by atoms with Crippen molar-refractivity contribution in [3.63, 3.8) is 0 Å². The second-order valence-electron chi connectivity index (χ2n) is 7.34. The van der Waals surface area contributed by atoms with E-state index in [0.717, 1.165) is 29.7 Å². The number of likely N-dealkylation sites (tertiary alicyclic amines) is 1. The Kier molecular flexibility index (Phi) is 7.22. The van der Waals surface area contributed by atoms with E-state index in [4.69, 9.17) is 4.74 Å². The fraction of sp³-hybridized carbons (Fsp3) is 0.435. The van der Waals surface area contributed by atoms with Gasteiger partial charge < -0.3 is 14.5 Å². The molecule has 0 spiro atoms. The summed E-state index contributed by atoms with van der Waals surface area (Å²) in [5.74, 6) is 0.812. The average molecular weight is 396 g/mol. The molecule has 0 aliphatic carbocycles. The SMILES string of the molecule is CCN(Cc1ccncc1)C(=O)C1CCCCC(=O)N1Cc1cccc(OC)c1. The van der Waals surface area contributed by atoms with Gasteiger partial charge in [-0.05, 0) is 55.2 Å². The molecule has 1 fully saturated rings. The lowest BCUT2D eigenvalue weighted by Gasteiger charge is -2.33. The van der Waals surface area contributed by atoms with Gasteiger partial charge in [0.1, 0.15) is 11.8 Å². The number of hydrogen-bond acceptors (Lipinski definition) is 4. The van der Waals surface area contributed by atoms with Gasteiger partial charge >= 0.3 is 0 Å². The maximum absolute atomic E-state index is 13.4. The minimum Gasteiger partial charge on any atom is -0.497 e. The number of pyridine rings is 1. The van der Waals surface area contributed by atoms with Crippen LogP contribution in [0.5, 0.6) is 5.75 Å². The second-order valence-corrected chi connectivity index (χ2v) is 7.34. The number of ether oxygens (including phenoxy) is 1. The van der Waals surface area contributed by atoms with Crippen LogP contribution in [0.25, 0.3) is 0 Å². The summed E-state index contributed by atoms with van der Waals surface area (Å²) in [6, 6.07) is 11.1.